The molecule has 1 unspecified atom stereocenters. The molecule has 1 saturated heterocycles. The van der Waals surface area contributed by atoms with Crippen LogP contribution in [0, 0.1) is 5.92 Å². The Morgan fingerprint density at radius 2 is 2.07 bits per heavy atom. The first-order valence-corrected chi connectivity index (χ1v) is 5.30. The van der Waals surface area contributed by atoms with Gasteiger partial charge in [-0.25, -0.2) is 4.79 Å². The number of piperidine rings is 1. The molecule has 15 heavy (non-hydrogen) atoms. The van der Waals surface area contributed by atoms with E-state index in [9.17, 15) is 9.59 Å². The summed E-state index contributed by atoms with van der Waals surface area (Å²) in [6.07, 6.45) is 2.52. The van der Waals surface area contributed by atoms with Gasteiger partial charge >= 0.3 is 5.97 Å². The van der Waals surface area contributed by atoms with E-state index in [4.69, 9.17) is 5.11 Å². The van der Waals surface area contributed by atoms with E-state index < -0.39 is 12.0 Å². The van der Waals surface area contributed by atoms with E-state index in [0.29, 0.717) is 12.3 Å². The summed E-state index contributed by atoms with van der Waals surface area (Å²) in [6.45, 7) is 3.23. The summed E-state index contributed by atoms with van der Waals surface area (Å²) in [4.78, 5) is 21.7. The van der Waals surface area contributed by atoms with Gasteiger partial charge < -0.3 is 15.7 Å². The standard InChI is InChI=1S/C10H18N2O3/c1-7(13)12-9(10(14)15)6-8-2-4-11-5-3-8/h8-9,11H,2-6H2,1H3,(H,12,13)(H,14,15). The lowest BCUT2D eigenvalue weighted by Gasteiger charge is -2.25. The van der Waals surface area contributed by atoms with Gasteiger partial charge in [0.25, 0.3) is 0 Å². The molecule has 1 amide bonds. The van der Waals surface area contributed by atoms with E-state index in [2.05, 4.69) is 10.6 Å². The molecule has 0 aliphatic carbocycles. The first-order chi connectivity index (χ1) is 7.09. The zero-order valence-corrected chi connectivity index (χ0v) is 8.95. The van der Waals surface area contributed by atoms with Crippen molar-refractivity contribution in [2.45, 2.75) is 32.2 Å². The summed E-state index contributed by atoms with van der Waals surface area (Å²) < 4.78 is 0. The fraction of sp³-hybridized carbons (Fsp3) is 0.800. The van der Waals surface area contributed by atoms with Gasteiger partial charge in [0.1, 0.15) is 6.04 Å². The SMILES string of the molecule is CC(=O)NC(CC1CCNCC1)C(=O)O. The van der Waals surface area contributed by atoms with Gasteiger partial charge in [0.05, 0.1) is 0 Å². The number of carboxylic acids is 1. The van der Waals surface area contributed by atoms with Crippen molar-refractivity contribution in [1.29, 1.82) is 0 Å². The summed E-state index contributed by atoms with van der Waals surface area (Å²) in [7, 11) is 0. The summed E-state index contributed by atoms with van der Waals surface area (Å²) in [5.41, 5.74) is 0. The molecule has 1 fully saturated rings. The Morgan fingerprint density at radius 3 is 2.53 bits per heavy atom. The average Bonchev–Trinajstić information content (AvgIpc) is 2.17. The second kappa shape index (κ2) is 5.70. The van der Waals surface area contributed by atoms with Gasteiger partial charge in [-0.2, -0.15) is 0 Å². The Hall–Kier alpha value is -1.10. The Kier molecular flexibility index (Phi) is 4.55. The number of nitrogens with one attached hydrogen (secondary N) is 2. The van der Waals surface area contributed by atoms with Crippen LogP contribution in [-0.2, 0) is 9.59 Å². The van der Waals surface area contributed by atoms with Crippen LogP contribution in [-0.4, -0.2) is 36.1 Å². The van der Waals surface area contributed by atoms with Crippen molar-refractivity contribution in [3.8, 4) is 0 Å². The van der Waals surface area contributed by atoms with Crippen molar-refractivity contribution in [1.82, 2.24) is 10.6 Å². The highest BCUT2D eigenvalue weighted by Crippen LogP contribution is 2.17. The normalized spacial score (nSPS) is 19.5. The third kappa shape index (κ3) is 4.29. The molecule has 0 aromatic heterocycles. The second-order valence-electron chi connectivity index (χ2n) is 4.02. The Bertz CT molecular complexity index is 237. The monoisotopic (exact) mass is 214 g/mol. The molecule has 0 spiro atoms. The maximum atomic E-state index is 10.9. The van der Waals surface area contributed by atoms with Crippen LogP contribution in [0.3, 0.4) is 0 Å². The van der Waals surface area contributed by atoms with Gasteiger partial charge in [0, 0.05) is 6.92 Å². The zero-order valence-electron chi connectivity index (χ0n) is 8.95. The first kappa shape index (κ1) is 12.0. The highest BCUT2D eigenvalue weighted by molar-refractivity contribution is 5.82. The molecule has 86 valence electrons. The van der Waals surface area contributed by atoms with Gasteiger partial charge in [-0.3, -0.25) is 4.79 Å². The summed E-state index contributed by atoms with van der Waals surface area (Å²) in [5.74, 6) is -0.820. The third-order valence-electron chi connectivity index (χ3n) is 2.70. The number of amides is 1. The van der Waals surface area contributed by atoms with E-state index in [0.717, 1.165) is 25.9 Å². The molecule has 1 heterocycles. The van der Waals surface area contributed by atoms with E-state index in [-0.39, 0.29) is 5.91 Å². The van der Waals surface area contributed by atoms with Crippen LogP contribution in [0.25, 0.3) is 0 Å². The van der Waals surface area contributed by atoms with Gasteiger partial charge in [0.15, 0.2) is 0 Å². The molecule has 0 saturated carbocycles. The number of hydrogen-bond donors (Lipinski definition) is 3. The largest absolute Gasteiger partial charge is 0.480 e. The molecule has 0 bridgehead atoms. The van der Waals surface area contributed by atoms with Crippen molar-refractivity contribution in [2.75, 3.05) is 13.1 Å². The van der Waals surface area contributed by atoms with Gasteiger partial charge in [-0.15, -0.1) is 0 Å². The molecule has 1 rings (SSSR count). The van der Waals surface area contributed by atoms with Crippen molar-refractivity contribution < 1.29 is 14.7 Å². The smallest absolute Gasteiger partial charge is 0.326 e. The first-order valence-electron chi connectivity index (χ1n) is 5.30. The van der Waals surface area contributed by atoms with Crippen molar-refractivity contribution in [3.63, 3.8) is 0 Å². The maximum Gasteiger partial charge on any atom is 0.326 e. The number of aliphatic carboxylic acids is 1. The molecule has 0 aromatic rings. The van der Waals surface area contributed by atoms with E-state index in [1.165, 1.54) is 6.92 Å². The van der Waals surface area contributed by atoms with Crippen LogP contribution >= 0.6 is 0 Å². The van der Waals surface area contributed by atoms with Crippen LogP contribution in [0.2, 0.25) is 0 Å². The van der Waals surface area contributed by atoms with Crippen LogP contribution < -0.4 is 10.6 Å². The minimum Gasteiger partial charge on any atom is -0.480 e. The van der Waals surface area contributed by atoms with Crippen molar-refractivity contribution in [3.05, 3.63) is 0 Å². The van der Waals surface area contributed by atoms with Crippen molar-refractivity contribution in [2.24, 2.45) is 5.92 Å². The lowest BCUT2D eigenvalue weighted by Crippen LogP contribution is -2.42. The van der Waals surface area contributed by atoms with Crippen molar-refractivity contribution >= 4 is 11.9 Å². The lowest BCUT2D eigenvalue weighted by molar-refractivity contribution is -0.142. The minimum absolute atomic E-state index is 0.281. The third-order valence-corrected chi connectivity index (χ3v) is 2.70. The van der Waals surface area contributed by atoms with Gasteiger partial charge in [0.2, 0.25) is 5.91 Å². The number of carboxylic acid groups (broad SMARTS) is 1. The molecule has 5 heteroatoms. The molecule has 3 N–H and O–H groups in total. The average molecular weight is 214 g/mol. The van der Waals surface area contributed by atoms with E-state index >= 15 is 0 Å². The number of carbonyl (C=O) groups is 2. The molecule has 1 aliphatic heterocycles. The topological polar surface area (TPSA) is 78.4 Å². The Morgan fingerprint density at radius 1 is 1.47 bits per heavy atom. The predicted molar refractivity (Wildman–Crippen MR) is 55.5 cm³/mol. The molecular weight excluding hydrogens is 196 g/mol. The molecule has 1 aliphatic rings. The quantitative estimate of drug-likeness (QED) is 0.614. The van der Waals surface area contributed by atoms with Gasteiger partial charge in [-0.05, 0) is 38.3 Å². The molecule has 1 atom stereocenters. The van der Waals surface area contributed by atoms with Crippen LogP contribution in [0.5, 0.6) is 0 Å². The molecule has 0 radical (unpaired) electrons. The highest BCUT2D eigenvalue weighted by Gasteiger charge is 2.24. The summed E-state index contributed by atoms with van der Waals surface area (Å²) >= 11 is 0. The highest BCUT2D eigenvalue weighted by atomic mass is 16.4. The number of hydrogen-bond acceptors (Lipinski definition) is 3. The Labute approximate surface area is 89.2 Å². The second-order valence-corrected chi connectivity index (χ2v) is 4.02. The van der Waals surface area contributed by atoms with Crippen LogP contribution in [0.4, 0.5) is 0 Å². The minimum atomic E-state index is -0.941. The fourth-order valence-electron chi connectivity index (χ4n) is 1.92. The van der Waals surface area contributed by atoms with E-state index in [1.807, 2.05) is 0 Å². The molecule has 5 nitrogen and oxygen atoms in total. The molecule has 0 aromatic carbocycles. The van der Waals surface area contributed by atoms with E-state index in [1.54, 1.807) is 0 Å². The maximum absolute atomic E-state index is 10.9. The number of rotatable bonds is 4. The van der Waals surface area contributed by atoms with Crippen LogP contribution in [0.15, 0.2) is 0 Å². The summed E-state index contributed by atoms with van der Waals surface area (Å²) in [6, 6.07) is -0.731. The summed E-state index contributed by atoms with van der Waals surface area (Å²) in [5, 5.41) is 14.6. The van der Waals surface area contributed by atoms with Gasteiger partial charge in [-0.1, -0.05) is 0 Å². The molecular formula is C10H18N2O3. The Balaban J connectivity index is 2.42. The number of carbonyl (C=O) groups excluding carboxylic acids is 1. The zero-order chi connectivity index (χ0) is 11.3. The van der Waals surface area contributed by atoms with Crippen LogP contribution in [0.1, 0.15) is 26.2 Å². The predicted octanol–water partition coefficient (Wildman–Crippen LogP) is -0.0346. The fourth-order valence-corrected chi connectivity index (χ4v) is 1.92. The lowest BCUT2D eigenvalue weighted by atomic mass is 9.91.